The summed E-state index contributed by atoms with van der Waals surface area (Å²) in [6.45, 7) is 5.24. The lowest BCUT2D eigenvalue weighted by Gasteiger charge is -2.21. The van der Waals surface area contributed by atoms with E-state index in [-0.39, 0.29) is 13.2 Å². The van der Waals surface area contributed by atoms with Crippen LogP contribution in [0.5, 0.6) is 5.75 Å². The van der Waals surface area contributed by atoms with Crippen LogP contribution in [0.2, 0.25) is 0 Å². The molecule has 1 aromatic carbocycles. The highest BCUT2D eigenvalue weighted by atomic mass is 16.6. The van der Waals surface area contributed by atoms with Crippen LogP contribution in [-0.4, -0.2) is 18.2 Å². The molecule has 0 unspecified atom stereocenters. The highest BCUT2D eigenvalue weighted by Crippen LogP contribution is 2.14. The third kappa shape index (κ3) is 5.89. The number of hydrogen-bond acceptors (Lipinski definition) is 3. The SMILES string of the molecule is CCC=CC(C)(C)OC(=O)COc1ccc(C[O])cc1. The molecule has 0 amide bonds. The van der Waals surface area contributed by atoms with Gasteiger partial charge in [0.05, 0.1) is 0 Å². The van der Waals surface area contributed by atoms with Crippen LogP contribution in [-0.2, 0) is 21.2 Å². The maximum Gasteiger partial charge on any atom is 0.345 e. The van der Waals surface area contributed by atoms with E-state index in [1.807, 2.05) is 32.9 Å². The topological polar surface area (TPSA) is 55.4 Å². The fraction of sp³-hybridized carbons (Fsp3) is 0.438. The lowest BCUT2D eigenvalue weighted by molar-refractivity contribution is -0.154. The Bertz CT molecular complexity index is 446. The Morgan fingerprint density at radius 1 is 1.25 bits per heavy atom. The minimum atomic E-state index is -0.636. The van der Waals surface area contributed by atoms with E-state index in [4.69, 9.17) is 9.47 Å². The molecule has 4 heteroatoms. The lowest BCUT2D eigenvalue weighted by Crippen LogP contribution is -2.28. The number of hydrogen-bond donors (Lipinski definition) is 0. The second-order valence-electron chi connectivity index (χ2n) is 4.97. The van der Waals surface area contributed by atoms with Crippen LogP contribution in [0.25, 0.3) is 0 Å². The average Bonchev–Trinajstić information content (AvgIpc) is 2.43. The first-order valence-corrected chi connectivity index (χ1v) is 6.66. The van der Waals surface area contributed by atoms with Crippen LogP contribution >= 0.6 is 0 Å². The van der Waals surface area contributed by atoms with Gasteiger partial charge < -0.3 is 9.47 Å². The van der Waals surface area contributed by atoms with E-state index >= 15 is 0 Å². The van der Waals surface area contributed by atoms with Gasteiger partial charge in [0.15, 0.2) is 6.61 Å². The van der Waals surface area contributed by atoms with Crippen molar-refractivity contribution in [1.29, 1.82) is 0 Å². The van der Waals surface area contributed by atoms with Gasteiger partial charge in [-0.2, -0.15) is 0 Å². The van der Waals surface area contributed by atoms with Gasteiger partial charge >= 0.3 is 5.97 Å². The minimum absolute atomic E-state index is 0.153. The Labute approximate surface area is 120 Å². The lowest BCUT2D eigenvalue weighted by atomic mass is 10.1. The fourth-order valence-electron chi connectivity index (χ4n) is 1.58. The van der Waals surface area contributed by atoms with Gasteiger partial charge in [-0.15, -0.1) is 0 Å². The molecule has 0 N–H and O–H groups in total. The van der Waals surface area contributed by atoms with Gasteiger partial charge in [0.25, 0.3) is 0 Å². The third-order valence-electron chi connectivity index (χ3n) is 2.58. The maximum absolute atomic E-state index is 11.7. The first kappa shape index (κ1) is 16.2. The highest BCUT2D eigenvalue weighted by Gasteiger charge is 2.19. The van der Waals surface area contributed by atoms with E-state index in [1.54, 1.807) is 24.3 Å². The molecule has 109 valence electrons. The molecule has 1 aromatic rings. The smallest absolute Gasteiger partial charge is 0.345 e. The van der Waals surface area contributed by atoms with Crippen LogP contribution < -0.4 is 4.74 Å². The number of carbonyl (C=O) groups is 1. The third-order valence-corrected chi connectivity index (χ3v) is 2.58. The zero-order valence-electron chi connectivity index (χ0n) is 12.2. The summed E-state index contributed by atoms with van der Waals surface area (Å²) >= 11 is 0. The summed E-state index contributed by atoms with van der Waals surface area (Å²) in [5, 5.41) is 10.6. The van der Waals surface area contributed by atoms with Crippen molar-refractivity contribution in [3.05, 3.63) is 42.0 Å². The molecule has 4 nitrogen and oxygen atoms in total. The summed E-state index contributed by atoms with van der Waals surface area (Å²) in [5.41, 5.74) is 0.0498. The summed E-state index contributed by atoms with van der Waals surface area (Å²) in [5.74, 6) is 0.115. The average molecular weight is 277 g/mol. The van der Waals surface area contributed by atoms with Crippen LogP contribution in [0.1, 0.15) is 32.8 Å². The molecule has 20 heavy (non-hydrogen) atoms. The molecule has 0 aliphatic rings. The maximum atomic E-state index is 11.7. The van der Waals surface area contributed by atoms with Crippen molar-refractivity contribution < 1.29 is 19.4 Å². The molecule has 0 saturated carbocycles. The summed E-state index contributed by atoms with van der Waals surface area (Å²) in [4.78, 5) is 11.7. The molecule has 0 aliphatic heterocycles. The molecule has 1 rings (SSSR count). The molecule has 0 spiro atoms. The molecular weight excluding hydrogens is 256 g/mol. The van der Waals surface area contributed by atoms with Gasteiger partial charge in [-0.1, -0.05) is 25.1 Å². The Balaban J connectivity index is 2.44. The van der Waals surface area contributed by atoms with E-state index in [9.17, 15) is 9.90 Å². The van der Waals surface area contributed by atoms with E-state index in [2.05, 4.69) is 0 Å². The number of esters is 1. The second-order valence-corrected chi connectivity index (χ2v) is 4.97. The van der Waals surface area contributed by atoms with Crippen LogP contribution in [0.3, 0.4) is 0 Å². The molecule has 0 bridgehead atoms. The molecule has 0 aromatic heterocycles. The van der Waals surface area contributed by atoms with E-state index < -0.39 is 11.6 Å². The first-order valence-electron chi connectivity index (χ1n) is 6.66. The van der Waals surface area contributed by atoms with Gasteiger partial charge in [-0.25, -0.2) is 9.90 Å². The van der Waals surface area contributed by atoms with Crippen molar-refractivity contribution in [2.24, 2.45) is 0 Å². The van der Waals surface area contributed by atoms with Gasteiger partial charge in [-0.05, 0) is 44.0 Å². The molecule has 0 saturated heterocycles. The standard InChI is InChI=1S/C16H21O4/c1-4-5-10-16(2,3)20-15(18)12-19-14-8-6-13(11-17)7-9-14/h5-10H,4,11-12H2,1-3H3. The number of allylic oxidation sites excluding steroid dienone is 1. The predicted octanol–water partition coefficient (Wildman–Crippen LogP) is 3.28. The summed E-state index contributed by atoms with van der Waals surface area (Å²) in [6.07, 6.45) is 4.70. The van der Waals surface area contributed by atoms with Crippen molar-refractivity contribution in [3.63, 3.8) is 0 Å². The largest absolute Gasteiger partial charge is 0.482 e. The normalized spacial score (nSPS) is 11.6. The van der Waals surface area contributed by atoms with Crippen molar-refractivity contribution in [1.82, 2.24) is 0 Å². The van der Waals surface area contributed by atoms with E-state index in [0.717, 1.165) is 6.42 Å². The monoisotopic (exact) mass is 277 g/mol. The Hall–Kier alpha value is -1.81. The van der Waals surface area contributed by atoms with E-state index in [0.29, 0.717) is 11.3 Å². The zero-order chi connectivity index (χ0) is 15.0. The Morgan fingerprint density at radius 2 is 1.90 bits per heavy atom. The summed E-state index contributed by atoms with van der Waals surface area (Å²) in [6, 6.07) is 6.70. The van der Waals surface area contributed by atoms with Gasteiger partial charge in [0, 0.05) is 0 Å². The molecule has 0 aliphatic carbocycles. The fourth-order valence-corrected chi connectivity index (χ4v) is 1.58. The Morgan fingerprint density at radius 3 is 2.45 bits per heavy atom. The second kappa shape index (κ2) is 7.70. The summed E-state index contributed by atoms with van der Waals surface area (Å²) < 4.78 is 10.6. The number of rotatable bonds is 7. The van der Waals surface area contributed by atoms with Crippen LogP contribution in [0, 0.1) is 0 Å². The van der Waals surface area contributed by atoms with Crippen molar-refractivity contribution in [3.8, 4) is 5.75 Å². The van der Waals surface area contributed by atoms with Crippen molar-refractivity contribution in [2.45, 2.75) is 39.4 Å². The number of benzene rings is 1. The minimum Gasteiger partial charge on any atom is -0.482 e. The molecular formula is C16H21O4. The van der Waals surface area contributed by atoms with E-state index in [1.165, 1.54) is 0 Å². The van der Waals surface area contributed by atoms with Crippen LogP contribution in [0.15, 0.2) is 36.4 Å². The molecule has 0 atom stereocenters. The van der Waals surface area contributed by atoms with Gasteiger partial charge in [0.2, 0.25) is 0 Å². The highest BCUT2D eigenvalue weighted by molar-refractivity contribution is 5.71. The van der Waals surface area contributed by atoms with Crippen molar-refractivity contribution >= 4 is 5.97 Å². The zero-order valence-corrected chi connectivity index (χ0v) is 12.2. The Kier molecular flexibility index (Phi) is 6.25. The van der Waals surface area contributed by atoms with Crippen molar-refractivity contribution in [2.75, 3.05) is 6.61 Å². The molecule has 1 radical (unpaired) electrons. The number of carbonyl (C=O) groups excluding carboxylic acids is 1. The predicted molar refractivity (Wildman–Crippen MR) is 75.9 cm³/mol. The quantitative estimate of drug-likeness (QED) is 0.567. The summed E-state index contributed by atoms with van der Waals surface area (Å²) in [7, 11) is 0. The number of ether oxygens (including phenoxy) is 2. The van der Waals surface area contributed by atoms with Crippen LogP contribution in [0.4, 0.5) is 0 Å². The van der Waals surface area contributed by atoms with Gasteiger partial charge in [-0.3, -0.25) is 0 Å². The molecule has 0 fully saturated rings. The first-order chi connectivity index (χ1) is 9.46. The molecule has 0 heterocycles. The van der Waals surface area contributed by atoms with Gasteiger partial charge in [0.1, 0.15) is 18.0 Å².